The molecule has 0 amide bonds. The van der Waals surface area contributed by atoms with Crippen LogP contribution in [0.25, 0.3) is 0 Å². The molecule has 0 radical (unpaired) electrons. The predicted molar refractivity (Wildman–Crippen MR) is 88.2 cm³/mol. The molecular formula is C18H36N2. The van der Waals surface area contributed by atoms with Crippen molar-refractivity contribution in [1.82, 2.24) is 10.2 Å². The zero-order chi connectivity index (χ0) is 14.2. The molecule has 1 unspecified atom stereocenters. The fourth-order valence-corrected chi connectivity index (χ4v) is 3.72. The molecule has 0 saturated heterocycles. The maximum atomic E-state index is 3.89. The van der Waals surface area contributed by atoms with Gasteiger partial charge in [-0.05, 0) is 57.5 Å². The van der Waals surface area contributed by atoms with Crippen LogP contribution in [-0.4, -0.2) is 36.6 Å². The molecule has 20 heavy (non-hydrogen) atoms. The van der Waals surface area contributed by atoms with Crippen LogP contribution >= 0.6 is 0 Å². The fraction of sp³-hybridized carbons (Fsp3) is 1.00. The van der Waals surface area contributed by atoms with Crippen LogP contribution in [0.4, 0.5) is 0 Å². The third-order valence-corrected chi connectivity index (χ3v) is 5.17. The topological polar surface area (TPSA) is 15.3 Å². The normalized spacial score (nSPS) is 22.4. The van der Waals surface area contributed by atoms with Gasteiger partial charge in [-0.3, -0.25) is 4.90 Å². The van der Waals surface area contributed by atoms with Crippen molar-refractivity contribution in [3.05, 3.63) is 0 Å². The van der Waals surface area contributed by atoms with Crippen molar-refractivity contribution in [2.75, 3.05) is 19.6 Å². The van der Waals surface area contributed by atoms with E-state index < -0.39 is 0 Å². The minimum Gasteiger partial charge on any atom is -0.312 e. The summed E-state index contributed by atoms with van der Waals surface area (Å²) in [5, 5.41) is 3.89. The Morgan fingerprint density at radius 2 is 1.75 bits per heavy atom. The summed E-state index contributed by atoms with van der Waals surface area (Å²) in [6.45, 7) is 8.46. The Morgan fingerprint density at radius 3 is 2.35 bits per heavy atom. The molecule has 2 saturated carbocycles. The van der Waals surface area contributed by atoms with E-state index in [1.807, 2.05) is 0 Å². The summed E-state index contributed by atoms with van der Waals surface area (Å²) in [4.78, 5) is 2.81. The molecule has 118 valence electrons. The van der Waals surface area contributed by atoms with Gasteiger partial charge in [-0.1, -0.05) is 39.5 Å². The van der Waals surface area contributed by atoms with E-state index in [0.717, 1.165) is 18.0 Å². The van der Waals surface area contributed by atoms with Crippen molar-refractivity contribution in [2.24, 2.45) is 5.92 Å². The molecule has 2 fully saturated rings. The Morgan fingerprint density at radius 1 is 1.00 bits per heavy atom. The lowest BCUT2D eigenvalue weighted by atomic mass is 9.83. The summed E-state index contributed by atoms with van der Waals surface area (Å²) in [6.07, 6.45) is 14.2. The lowest BCUT2D eigenvalue weighted by Gasteiger charge is -2.35. The number of nitrogens with zero attached hydrogens (tertiary/aromatic N) is 1. The molecule has 0 aliphatic heterocycles. The Kier molecular flexibility index (Phi) is 7.37. The van der Waals surface area contributed by atoms with E-state index in [2.05, 4.69) is 24.1 Å². The van der Waals surface area contributed by atoms with Gasteiger partial charge in [-0.15, -0.1) is 0 Å². The molecule has 0 heterocycles. The van der Waals surface area contributed by atoms with Crippen molar-refractivity contribution < 1.29 is 0 Å². The smallest absolute Gasteiger partial charge is 0.0223 e. The lowest BCUT2D eigenvalue weighted by molar-refractivity contribution is 0.175. The van der Waals surface area contributed by atoms with Crippen molar-refractivity contribution in [2.45, 2.75) is 90.1 Å². The van der Waals surface area contributed by atoms with Crippen LogP contribution < -0.4 is 5.32 Å². The minimum absolute atomic E-state index is 0.757. The van der Waals surface area contributed by atoms with Gasteiger partial charge in [0.05, 0.1) is 0 Å². The Bertz CT molecular complexity index is 244. The van der Waals surface area contributed by atoms with Crippen molar-refractivity contribution >= 4 is 0 Å². The van der Waals surface area contributed by atoms with E-state index in [9.17, 15) is 0 Å². The summed E-state index contributed by atoms with van der Waals surface area (Å²) in [6, 6.07) is 1.68. The highest BCUT2D eigenvalue weighted by molar-refractivity contribution is 4.89. The molecule has 0 aromatic heterocycles. The summed E-state index contributed by atoms with van der Waals surface area (Å²) in [5.74, 6) is 0.943. The molecule has 2 heteroatoms. The monoisotopic (exact) mass is 280 g/mol. The summed E-state index contributed by atoms with van der Waals surface area (Å²) in [5.41, 5.74) is 0. The van der Waals surface area contributed by atoms with Crippen LogP contribution in [0.1, 0.15) is 78.1 Å². The number of rotatable bonds is 10. The van der Waals surface area contributed by atoms with Crippen LogP contribution in [0.15, 0.2) is 0 Å². The molecule has 0 spiro atoms. The van der Waals surface area contributed by atoms with E-state index >= 15 is 0 Å². The van der Waals surface area contributed by atoms with Gasteiger partial charge >= 0.3 is 0 Å². The second kappa shape index (κ2) is 9.04. The highest BCUT2D eigenvalue weighted by Gasteiger charge is 2.32. The molecule has 1 atom stereocenters. The van der Waals surface area contributed by atoms with Crippen LogP contribution in [0.2, 0.25) is 0 Å². The summed E-state index contributed by atoms with van der Waals surface area (Å²) in [7, 11) is 0. The molecule has 2 nitrogen and oxygen atoms in total. The van der Waals surface area contributed by atoms with Gasteiger partial charge in [-0.25, -0.2) is 0 Å². The summed E-state index contributed by atoms with van der Waals surface area (Å²) < 4.78 is 0. The molecule has 0 aromatic rings. The largest absolute Gasteiger partial charge is 0.312 e. The Balaban J connectivity index is 1.86. The van der Waals surface area contributed by atoms with Crippen LogP contribution in [-0.2, 0) is 0 Å². The predicted octanol–water partition coefficient (Wildman–Crippen LogP) is 4.20. The Labute approximate surface area is 126 Å². The number of hydrogen-bond donors (Lipinski definition) is 1. The average molecular weight is 280 g/mol. The van der Waals surface area contributed by atoms with Crippen molar-refractivity contribution in [1.29, 1.82) is 0 Å². The number of hydrogen-bond acceptors (Lipinski definition) is 2. The van der Waals surface area contributed by atoms with Crippen LogP contribution in [0, 0.1) is 5.92 Å². The molecule has 0 aromatic carbocycles. The van der Waals surface area contributed by atoms with Crippen molar-refractivity contribution in [3.8, 4) is 0 Å². The second-order valence-electron chi connectivity index (χ2n) is 7.04. The van der Waals surface area contributed by atoms with Gasteiger partial charge in [0.15, 0.2) is 0 Å². The first-order valence-electron chi connectivity index (χ1n) is 9.32. The average Bonchev–Trinajstić information content (AvgIpc) is 3.32. The maximum Gasteiger partial charge on any atom is 0.0223 e. The van der Waals surface area contributed by atoms with Crippen LogP contribution in [0.3, 0.4) is 0 Å². The van der Waals surface area contributed by atoms with Crippen LogP contribution in [0.5, 0.6) is 0 Å². The van der Waals surface area contributed by atoms with Gasteiger partial charge in [-0.2, -0.15) is 0 Å². The molecule has 2 rings (SSSR count). The number of nitrogens with one attached hydrogen (secondary N) is 1. The van der Waals surface area contributed by atoms with Gasteiger partial charge < -0.3 is 5.32 Å². The number of unbranched alkanes of at least 4 members (excludes halogenated alkanes) is 1. The Hall–Kier alpha value is -0.0800. The standard InChI is InChI=1S/C18H36N2/c1-3-5-14-20(17-11-12-17)15-18(19-13-4-2)16-9-7-6-8-10-16/h16-19H,3-15H2,1-2H3. The van der Waals surface area contributed by atoms with Crippen molar-refractivity contribution in [3.63, 3.8) is 0 Å². The lowest BCUT2D eigenvalue weighted by Crippen LogP contribution is -2.47. The third-order valence-electron chi connectivity index (χ3n) is 5.17. The van der Waals surface area contributed by atoms with Gasteiger partial charge in [0, 0.05) is 18.6 Å². The van der Waals surface area contributed by atoms with E-state index in [1.165, 1.54) is 83.8 Å². The SMILES string of the molecule is CCCCN(CC(NCCC)C1CCCCC1)C1CC1. The quantitative estimate of drug-likeness (QED) is 0.645. The zero-order valence-electron chi connectivity index (χ0n) is 13.9. The first-order valence-corrected chi connectivity index (χ1v) is 9.32. The van der Waals surface area contributed by atoms with Gasteiger partial charge in [0.1, 0.15) is 0 Å². The van der Waals surface area contributed by atoms with E-state index in [0.29, 0.717) is 0 Å². The van der Waals surface area contributed by atoms with E-state index in [1.54, 1.807) is 0 Å². The van der Waals surface area contributed by atoms with E-state index in [-0.39, 0.29) is 0 Å². The zero-order valence-corrected chi connectivity index (χ0v) is 13.9. The highest BCUT2D eigenvalue weighted by Crippen LogP contribution is 2.31. The molecule has 1 N–H and O–H groups in total. The molecule has 2 aliphatic carbocycles. The van der Waals surface area contributed by atoms with Gasteiger partial charge in [0.2, 0.25) is 0 Å². The first-order chi connectivity index (χ1) is 9.85. The van der Waals surface area contributed by atoms with Gasteiger partial charge in [0.25, 0.3) is 0 Å². The third kappa shape index (κ3) is 5.37. The second-order valence-corrected chi connectivity index (χ2v) is 7.04. The first kappa shape index (κ1) is 16.3. The summed E-state index contributed by atoms with van der Waals surface area (Å²) >= 11 is 0. The fourth-order valence-electron chi connectivity index (χ4n) is 3.72. The minimum atomic E-state index is 0.757. The molecular weight excluding hydrogens is 244 g/mol. The molecule has 0 bridgehead atoms. The van der Waals surface area contributed by atoms with E-state index in [4.69, 9.17) is 0 Å². The maximum absolute atomic E-state index is 3.89. The highest BCUT2D eigenvalue weighted by atomic mass is 15.2. The molecule has 2 aliphatic rings.